The maximum Gasteiger partial charge on any atom is 0.191 e. The van der Waals surface area contributed by atoms with E-state index in [1.165, 1.54) is 23.3 Å². The Morgan fingerprint density at radius 3 is 2.54 bits per heavy atom. The average Bonchev–Trinajstić information content (AvgIpc) is 3.03. The Kier molecular flexibility index (Phi) is 6.07. The highest BCUT2D eigenvalue weighted by Gasteiger charge is 2.12. The molecule has 0 amide bonds. The van der Waals surface area contributed by atoms with Crippen LogP contribution < -0.4 is 4.74 Å². The van der Waals surface area contributed by atoms with Crippen molar-refractivity contribution in [3.8, 4) is 5.75 Å². The number of hydrogen-bond donors (Lipinski definition) is 0. The van der Waals surface area contributed by atoms with Crippen molar-refractivity contribution in [1.82, 2.24) is 14.8 Å². The molecule has 4 nitrogen and oxygen atoms in total. The summed E-state index contributed by atoms with van der Waals surface area (Å²) in [4.78, 5) is 0. The lowest BCUT2D eigenvalue weighted by atomic mass is 10.2. The highest BCUT2D eigenvalue weighted by atomic mass is 32.2. The van der Waals surface area contributed by atoms with Gasteiger partial charge >= 0.3 is 0 Å². The van der Waals surface area contributed by atoms with Crippen LogP contribution in [0.4, 0.5) is 4.39 Å². The van der Waals surface area contributed by atoms with Crippen LogP contribution in [0.2, 0.25) is 0 Å². The molecule has 3 rings (SSSR count). The molecule has 0 aliphatic rings. The van der Waals surface area contributed by atoms with Gasteiger partial charge in [0.1, 0.15) is 18.2 Å². The van der Waals surface area contributed by atoms with E-state index in [9.17, 15) is 4.39 Å². The summed E-state index contributed by atoms with van der Waals surface area (Å²) in [5, 5.41) is 9.34. The van der Waals surface area contributed by atoms with Gasteiger partial charge in [-0.05, 0) is 36.8 Å². The molecule has 0 saturated carbocycles. The Morgan fingerprint density at radius 2 is 1.85 bits per heavy atom. The molecule has 26 heavy (non-hydrogen) atoms. The van der Waals surface area contributed by atoms with Crippen LogP contribution in [-0.2, 0) is 18.9 Å². The van der Waals surface area contributed by atoms with E-state index in [1.807, 2.05) is 4.57 Å². The number of thioether (sulfide) groups is 1. The summed E-state index contributed by atoms with van der Waals surface area (Å²) in [5.74, 6) is 1.82. The second-order valence-electron chi connectivity index (χ2n) is 5.81. The van der Waals surface area contributed by atoms with Crippen LogP contribution in [0.3, 0.4) is 0 Å². The normalized spacial score (nSPS) is 10.7. The fourth-order valence-corrected chi connectivity index (χ4v) is 3.28. The smallest absolute Gasteiger partial charge is 0.191 e. The molecule has 3 aromatic rings. The van der Waals surface area contributed by atoms with Crippen molar-refractivity contribution in [3.63, 3.8) is 0 Å². The molecule has 0 N–H and O–H groups in total. The van der Waals surface area contributed by atoms with Gasteiger partial charge in [0.15, 0.2) is 11.0 Å². The van der Waals surface area contributed by atoms with Gasteiger partial charge in [-0.15, -0.1) is 16.8 Å². The predicted octanol–water partition coefficient (Wildman–Crippen LogP) is 4.78. The molecular formula is C20H20FN3OS. The second kappa shape index (κ2) is 8.67. The minimum absolute atomic E-state index is 0.261. The number of rotatable bonds is 8. The van der Waals surface area contributed by atoms with Gasteiger partial charge in [-0.3, -0.25) is 4.57 Å². The van der Waals surface area contributed by atoms with Crippen molar-refractivity contribution in [3.05, 3.63) is 84.0 Å². The topological polar surface area (TPSA) is 39.9 Å². The van der Waals surface area contributed by atoms with E-state index in [0.29, 0.717) is 18.1 Å². The fourth-order valence-electron chi connectivity index (χ4n) is 2.36. The molecule has 134 valence electrons. The summed E-state index contributed by atoms with van der Waals surface area (Å²) in [6, 6.07) is 14.4. The SMILES string of the molecule is C=CCn1c(COc2ccc(F)cc2)nnc1SCc1ccc(C)cc1. The summed E-state index contributed by atoms with van der Waals surface area (Å²) in [7, 11) is 0. The molecule has 0 bridgehead atoms. The molecule has 0 radical (unpaired) electrons. The summed E-state index contributed by atoms with van der Waals surface area (Å²) < 4.78 is 20.6. The average molecular weight is 369 g/mol. The van der Waals surface area contributed by atoms with E-state index in [-0.39, 0.29) is 12.4 Å². The third kappa shape index (κ3) is 4.73. The lowest BCUT2D eigenvalue weighted by molar-refractivity contribution is 0.288. The van der Waals surface area contributed by atoms with Gasteiger partial charge < -0.3 is 4.74 Å². The molecule has 1 heterocycles. The lowest BCUT2D eigenvalue weighted by Gasteiger charge is -2.09. The minimum Gasteiger partial charge on any atom is -0.486 e. The zero-order chi connectivity index (χ0) is 18.4. The molecule has 0 spiro atoms. The van der Waals surface area contributed by atoms with E-state index < -0.39 is 0 Å². The first-order valence-electron chi connectivity index (χ1n) is 8.25. The fraction of sp³-hybridized carbons (Fsp3) is 0.200. The maximum absolute atomic E-state index is 13.0. The summed E-state index contributed by atoms with van der Waals surface area (Å²) >= 11 is 1.63. The van der Waals surface area contributed by atoms with E-state index in [1.54, 1.807) is 30.0 Å². The standard InChI is InChI=1S/C20H20FN3OS/c1-3-12-24-19(13-25-18-10-8-17(21)9-11-18)22-23-20(24)26-14-16-6-4-15(2)5-7-16/h3-11H,1,12-14H2,2H3. The van der Waals surface area contributed by atoms with Crippen LogP contribution >= 0.6 is 11.8 Å². The number of benzene rings is 2. The summed E-state index contributed by atoms with van der Waals surface area (Å²) in [5.41, 5.74) is 2.48. The van der Waals surface area contributed by atoms with Crippen LogP contribution in [0, 0.1) is 12.7 Å². The first-order chi connectivity index (χ1) is 12.7. The van der Waals surface area contributed by atoms with Crippen molar-refractivity contribution in [2.24, 2.45) is 0 Å². The monoisotopic (exact) mass is 369 g/mol. The molecule has 2 aromatic carbocycles. The highest BCUT2D eigenvalue weighted by molar-refractivity contribution is 7.98. The Bertz CT molecular complexity index is 793. The lowest BCUT2D eigenvalue weighted by Crippen LogP contribution is -2.07. The third-order valence-corrected chi connectivity index (χ3v) is 4.81. The Hall–Kier alpha value is -2.60. The van der Waals surface area contributed by atoms with Crippen LogP contribution in [0.5, 0.6) is 5.75 Å². The van der Waals surface area contributed by atoms with E-state index in [4.69, 9.17) is 4.74 Å². The Morgan fingerprint density at radius 1 is 1.12 bits per heavy atom. The molecule has 0 unspecified atom stereocenters. The number of hydrogen-bond acceptors (Lipinski definition) is 4. The first-order valence-corrected chi connectivity index (χ1v) is 9.24. The summed E-state index contributed by atoms with van der Waals surface area (Å²) in [6.45, 7) is 6.74. The quantitative estimate of drug-likeness (QED) is 0.423. The molecule has 0 saturated heterocycles. The molecule has 0 atom stereocenters. The van der Waals surface area contributed by atoms with Crippen molar-refractivity contribution in [2.75, 3.05) is 0 Å². The number of halogens is 1. The Labute approximate surface area is 156 Å². The van der Waals surface area contributed by atoms with Gasteiger partial charge in [-0.2, -0.15) is 0 Å². The first kappa shape index (κ1) is 18.2. The van der Waals surface area contributed by atoms with Gasteiger partial charge in [-0.25, -0.2) is 4.39 Å². The van der Waals surface area contributed by atoms with Crippen molar-refractivity contribution in [2.45, 2.75) is 31.0 Å². The third-order valence-electron chi connectivity index (χ3n) is 3.78. The van der Waals surface area contributed by atoms with E-state index in [2.05, 4.69) is 48.0 Å². The van der Waals surface area contributed by atoms with Gasteiger partial charge in [0.05, 0.1) is 0 Å². The van der Waals surface area contributed by atoms with Gasteiger partial charge in [0.25, 0.3) is 0 Å². The Balaban J connectivity index is 1.67. The zero-order valence-corrected chi connectivity index (χ0v) is 15.4. The predicted molar refractivity (Wildman–Crippen MR) is 102 cm³/mol. The molecule has 6 heteroatoms. The molecule has 0 fully saturated rings. The second-order valence-corrected chi connectivity index (χ2v) is 6.76. The van der Waals surface area contributed by atoms with Crippen molar-refractivity contribution in [1.29, 1.82) is 0 Å². The number of allylic oxidation sites excluding steroid dienone is 1. The molecular weight excluding hydrogens is 349 g/mol. The van der Waals surface area contributed by atoms with Crippen LogP contribution in [0.15, 0.2) is 66.3 Å². The number of nitrogens with zero attached hydrogens (tertiary/aromatic N) is 3. The van der Waals surface area contributed by atoms with Gasteiger partial charge in [-0.1, -0.05) is 47.7 Å². The number of aryl methyl sites for hydroxylation is 1. The van der Waals surface area contributed by atoms with Gasteiger partial charge in [0.2, 0.25) is 0 Å². The molecule has 1 aromatic heterocycles. The highest BCUT2D eigenvalue weighted by Crippen LogP contribution is 2.23. The van der Waals surface area contributed by atoms with Crippen LogP contribution in [0.1, 0.15) is 17.0 Å². The number of ether oxygens (including phenoxy) is 1. The molecule has 0 aliphatic heterocycles. The maximum atomic E-state index is 13.0. The van der Waals surface area contributed by atoms with Crippen molar-refractivity contribution >= 4 is 11.8 Å². The van der Waals surface area contributed by atoms with E-state index in [0.717, 1.165) is 10.9 Å². The van der Waals surface area contributed by atoms with Crippen LogP contribution in [-0.4, -0.2) is 14.8 Å². The summed E-state index contributed by atoms with van der Waals surface area (Å²) in [6.07, 6.45) is 1.81. The number of aromatic nitrogens is 3. The van der Waals surface area contributed by atoms with Gasteiger partial charge in [0, 0.05) is 12.3 Å². The van der Waals surface area contributed by atoms with E-state index >= 15 is 0 Å². The van der Waals surface area contributed by atoms with Crippen molar-refractivity contribution < 1.29 is 9.13 Å². The minimum atomic E-state index is -0.290. The zero-order valence-electron chi connectivity index (χ0n) is 14.6. The van der Waals surface area contributed by atoms with Crippen LogP contribution in [0.25, 0.3) is 0 Å². The molecule has 0 aliphatic carbocycles. The largest absolute Gasteiger partial charge is 0.486 e.